The van der Waals surface area contributed by atoms with Crippen LogP contribution < -0.4 is 14.8 Å². The molecule has 0 aliphatic carbocycles. The van der Waals surface area contributed by atoms with Crippen LogP contribution in [-0.4, -0.2) is 19.8 Å². The van der Waals surface area contributed by atoms with Crippen LogP contribution in [0.3, 0.4) is 0 Å². The van der Waals surface area contributed by atoms with Gasteiger partial charge in [0, 0.05) is 5.69 Å². The molecular formula is C18H23NO2. The third kappa shape index (κ3) is 4.15. The average Bonchev–Trinajstić information content (AvgIpc) is 2.49. The lowest BCUT2D eigenvalue weighted by Crippen LogP contribution is -2.23. The standard InChI is InChI=1S/C18H23NO2/c1-13-6-5-7-18(15(13)3)19-12-14(2)21-17-10-8-16(20-4)9-11-17/h5-11,14,19H,12H2,1-4H3. The third-order valence-corrected chi connectivity index (χ3v) is 3.58. The zero-order valence-electron chi connectivity index (χ0n) is 13.1. The SMILES string of the molecule is COc1ccc(OC(C)CNc2cccc(C)c2C)cc1. The van der Waals surface area contributed by atoms with Crippen molar-refractivity contribution in [2.75, 3.05) is 19.0 Å². The molecule has 0 aliphatic heterocycles. The summed E-state index contributed by atoms with van der Waals surface area (Å²) in [4.78, 5) is 0. The van der Waals surface area contributed by atoms with E-state index in [1.165, 1.54) is 16.8 Å². The molecule has 0 aromatic heterocycles. The minimum absolute atomic E-state index is 0.0818. The number of benzene rings is 2. The Bertz CT molecular complexity index is 578. The molecule has 0 saturated carbocycles. The Kier molecular flexibility index (Phi) is 5.09. The first-order chi connectivity index (χ1) is 10.1. The summed E-state index contributed by atoms with van der Waals surface area (Å²) in [7, 11) is 1.66. The van der Waals surface area contributed by atoms with E-state index in [4.69, 9.17) is 9.47 Å². The summed E-state index contributed by atoms with van der Waals surface area (Å²) < 4.78 is 11.0. The van der Waals surface area contributed by atoms with Gasteiger partial charge in [0.2, 0.25) is 0 Å². The number of hydrogen-bond donors (Lipinski definition) is 1. The van der Waals surface area contributed by atoms with Crippen molar-refractivity contribution in [1.82, 2.24) is 0 Å². The van der Waals surface area contributed by atoms with Gasteiger partial charge < -0.3 is 14.8 Å². The van der Waals surface area contributed by atoms with Crippen LogP contribution in [0.2, 0.25) is 0 Å². The summed E-state index contributed by atoms with van der Waals surface area (Å²) in [6, 6.07) is 13.9. The molecule has 0 heterocycles. The van der Waals surface area contributed by atoms with E-state index in [2.05, 4.69) is 44.3 Å². The van der Waals surface area contributed by atoms with Gasteiger partial charge in [0.15, 0.2) is 0 Å². The Morgan fingerprint density at radius 3 is 2.33 bits per heavy atom. The van der Waals surface area contributed by atoms with E-state index in [1.54, 1.807) is 7.11 Å². The molecule has 2 aromatic carbocycles. The summed E-state index contributed by atoms with van der Waals surface area (Å²) in [5.41, 5.74) is 3.75. The second-order valence-electron chi connectivity index (χ2n) is 5.23. The number of aryl methyl sites for hydroxylation is 1. The monoisotopic (exact) mass is 285 g/mol. The van der Waals surface area contributed by atoms with E-state index in [-0.39, 0.29) is 6.10 Å². The van der Waals surface area contributed by atoms with Crippen LogP contribution in [0.4, 0.5) is 5.69 Å². The summed E-state index contributed by atoms with van der Waals surface area (Å²) >= 11 is 0. The summed E-state index contributed by atoms with van der Waals surface area (Å²) in [6.45, 7) is 7.07. The molecule has 3 heteroatoms. The maximum absolute atomic E-state index is 5.89. The van der Waals surface area contributed by atoms with Crippen LogP contribution in [0, 0.1) is 13.8 Å². The van der Waals surface area contributed by atoms with Crippen LogP contribution in [0.15, 0.2) is 42.5 Å². The lowest BCUT2D eigenvalue weighted by Gasteiger charge is -2.18. The second kappa shape index (κ2) is 7.02. The highest BCUT2D eigenvalue weighted by molar-refractivity contribution is 5.53. The Balaban J connectivity index is 1.89. The molecule has 0 amide bonds. The molecule has 0 spiro atoms. The third-order valence-electron chi connectivity index (χ3n) is 3.58. The first-order valence-corrected chi connectivity index (χ1v) is 7.21. The molecule has 0 fully saturated rings. The Morgan fingerprint density at radius 2 is 1.67 bits per heavy atom. The number of hydrogen-bond acceptors (Lipinski definition) is 3. The molecule has 1 N–H and O–H groups in total. The molecule has 0 bridgehead atoms. The minimum atomic E-state index is 0.0818. The van der Waals surface area contributed by atoms with E-state index < -0.39 is 0 Å². The predicted molar refractivity (Wildman–Crippen MR) is 87.5 cm³/mol. The van der Waals surface area contributed by atoms with Gasteiger partial charge in [0.1, 0.15) is 17.6 Å². The van der Waals surface area contributed by atoms with Gasteiger partial charge in [-0.05, 0) is 62.2 Å². The highest BCUT2D eigenvalue weighted by atomic mass is 16.5. The van der Waals surface area contributed by atoms with Crippen molar-refractivity contribution in [2.45, 2.75) is 26.9 Å². The first-order valence-electron chi connectivity index (χ1n) is 7.21. The van der Waals surface area contributed by atoms with Gasteiger partial charge >= 0.3 is 0 Å². The van der Waals surface area contributed by atoms with Gasteiger partial charge in [-0.25, -0.2) is 0 Å². The van der Waals surface area contributed by atoms with Gasteiger partial charge in [0.25, 0.3) is 0 Å². The molecule has 21 heavy (non-hydrogen) atoms. The molecule has 0 aliphatic rings. The number of ether oxygens (including phenoxy) is 2. The normalized spacial score (nSPS) is 11.8. The summed E-state index contributed by atoms with van der Waals surface area (Å²) in [6.07, 6.45) is 0.0818. The van der Waals surface area contributed by atoms with E-state index in [1.807, 2.05) is 24.3 Å². The molecule has 1 atom stereocenters. The van der Waals surface area contributed by atoms with Gasteiger partial charge in [-0.2, -0.15) is 0 Å². The van der Waals surface area contributed by atoms with Crippen molar-refractivity contribution in [2.24, 2.45) is 0 Å². The molecule has 0 radical (unpaired) electrons. The zero-order valence-corrected chi connectivity index (χ0v) is 13.1. The highest BCUT2D eigenvalue weighted by Gasteiger charge is 2.06. The Morgan fingerprint density at radius 1 is 1.00 bits per heavy atom. The molecule has 1 unspecified atom stereocenters. The first kappa shape index (κ1) is 15.2. The van der Waals surface area contributed by atoms with Crippen LogP contribution in [-0.2, 0) is 0 Å². The van der Waals surface area contributed by atoms with Crippen molar-refractivity contribution in [3.05, 3.63) is 53.6 Å². The van der Waals surface area contributed by atoms with Crippen LogP contribution in [0.5, 0.6) is 11.5 Å². The Labute approximate surface area is 126 Å². The number of anilines is 1. The lowest BCUT2D eigenvalue weighted by molar-refractivity contribution is 0.234. The highest BCUT2D eigenvalue weighted by Crippen LogP contribution is 2.20. The number of nitrogens with one attached hydrogen (secondary N) is 1. The van der Waals surface area contributed by atoms with Crippen molar-refractivity contribution >= 4 is 5.69 Å². The molecule has 2 rings (SSSR count). The predicted octanol–water partition coefficient (Wildman–Crippen LogP) is 4.19. The van der Waals surface area contributed by atoms with E-state index >= 15 is 0 Å². The van der Waals surface area contributed by atoms with Gasteiger partial charge in [0.05, 0.1) is 13.7 Å². The smallest absolute Gasteiger partial charge is 0.120 e. The van der Waals surface area contributed by atoms with Crippen LogP contribution >= 0.6 is 0 Å². The topological polar surface area (TPSA) is 30.5 Å². The average molecular weight is 285 g/mol. The van der Waals surface area contributed by atoms with Crippen LogP contribution in [0.1, 0.15) is 18.1 Å². The van der Waals surface area contributed by atoms with E-state index in [0.717, 1.165) is 18.0 Å². The quantitative estimate of drug-likeness (QED) is 0.863. The minimum Gasteiger partial charge on any atom is -0.497 e. The number of rotatable bonds is 6. The molecule has 112 valence electrons. The number of methoxy groups -OCH3 is 1. The van der Waals surface area contributed by atoms with E-state index in [0.29, 0.717) is 0 Å². The maximum atomic E-state index is 5.89. The van der Waals surface area contributed by atoms with Crippen molar-refractivity contribution < 1.29 is 9.47 Å². The summed E-state index contributed by atoms with van der Waals surface area (Å²) in [5, 5.41) is 3.45. The molecular weight excluding hydrogens is 262 g/mol. The molecule has 0 saturated heterocycles. The maximum Gasteiger partial charge on any atom is 0.120 e. The fraction of sp³-hybridized carbons (Fsp3) is 0.333. The van der Waals surface area contributed by atoms with Crippen molar-refractivity contribution in [3.63, 3.8) is 0 Å². The summed E-state index contributed by atoms with van der Waals surface area (Å²) in [5.74, 6) is 1.69. The lowest BCUT2D eigenvalue weighted by atomic mass is 10.1. The molecule has 3 nitrogen and oxygen atoms in total. The fourth-order valence-electron chi connectivity index (χ4n) is 2.12. The Hall–Kier alpha value is -2.16. The van der Waals surface area contributed by atoms with Gasteiger partial charge in [-0.3, -0.25) is 0 Å². The zero-order chi connectivity index (χ0) is 15.2. The van der Waals surface area contributed by atoms with Gasteiger partial charge in [-0.15, -0.1) is 0 Å². The van der Waals surface area contributed by atoms with Crippen LogP contribution in [0.25, 0.3) is 0 Å². The largest absolute Gasteiger partial charge is 0.497 e. The fourth-order valence-corrected chi connectivity index (χ4v) is 2.12. The second-order valence-corrected chi connectivity index (χ2v) is 5.23. The van der Waals surface area contributed by atoms with E-state index in [9.17, 15) is 0 Å². The molecule has 2 aromatic rings. The van der Waals surface area contributed by atoms with Crippen molar-refractivity contribution in [3.8, 4) is 11.5 Å². The van der Waals surface area contributed by atoms with Gasteiger partial charge in [-0.1, -0.05) is 12.1 Å². The van der Waals surface area contributed by atoms with Crippen molar-refractivity contribution in [1.29, 1.82) is 0 Å².